The van der Waals surface area contributed by atoms with Gasteiger partial charge in [0, 0.05) is 0 Å². The van der Waals surface area contributed by atoms with Crippen LogP contribution in [0.5, 0.6) is 0 Å². The van der Waals surface area contributed by atoms with Gasteiger partial charge in [-0.3, -0.25) is 0 Å². The van der Waals surface area contributed by atoms with Gasteiger partial charge in [0.1, 0.15) is 5.69 Å². The van der Waals surface area contributed by atoms with Crippen LogP contribution in [0.3, 0.4) is 0 Å². The fourth-order valence-corrected chi connectivity index (χ4v) is 0.570. The molecule has 2 nitrogen and oxygen atoms in total. The summed E-state index contributed by atoms with van der Waals surface area (Å²) in [6, 6.07) is 0. The molecule has 1 rings (SSSR count). The third-order valence-corrected chi connectivity index (χ3v) is 1.00. The molecule has 0 amide bonds. The van der Waals surface area contributed by atoms with E-state index in [1.165, 1.54) is 6.39 Å². The molecule has 0 aromatic carbocycles. The van der Waals surface area contributed by atoms with Gasteiger partial charge >= 0.3 is 0 Å². The molecule has 0 N–H and O–H groups in total. The highest BCUT2D eigenvalue weighted by molar-refractivity contribution is 5.55. The number of oxazole rings is 1. The summed E-state index contributed by atoms with van der Waals surface area (Å²) in [5.41, 5.74) is 0.741. The van der Waals surface area contributed by atoms with Crippen molar-refractivity contribution in [3.8, 4) is 0 Å². The first-order valence-corrected chi connectivity index (χ1v) is 2.57. The smallest absolute Gasteiger partial charge is 0.181 e. The lowest BCUT2D eigenvalue weighted by Crippen LogP contribution is -1.70. The van der Waals surface area contributed by atoms with Crippen LogP contribution < -0.4 is 0 Å². The second-order valence-electron chi connectivity index (χ2n) is 1.51. The number of hydrogen-bond donors (Lipinski definition) is 0. The Kier molecular flexibility index (Phi) is 1.49. The zero-order valence-electron chi connectivity index (χ0n) is 5.00. The molecule has 0 saturated carbocycles. The molecule has 1 aromatic heterocycles. The Morgan fingerprint density at radius 2 is 2.22 bits per heavy atom. The highest BCUT2D eigenvalue weighted by Crippen LogP contribution is 2.07. The molecule has 0 bridgehead atoms. The fourth-order valence-electron chi connectivity index (χ4n) is 0.570. The van der Waals surface area contributed by atoms with Crippen LogP contribution in [-0.2, 0) is 0 Å². The number of nitrogens with zero attached hydrogens (tertiary/aromatic N) is 1. The minimum atomic E-state index is 0.671. The molecule has 0 unspecified atom stereocenters. The standard InChI is InChI=1S/C7H7NO/c1-3-6-7(4-2)9-5-8-6/h3-5H,1-2H2. The second-order valence-corrected chi connectivity index (χ2v) is 1.51. The summed E-state index contributed by atoms with van der Waals surface area (Å²) in [6.45, 7) is 7.07. The van der Waals surface area contributed by atoms with Gasteiger partial charge in [-0.25, -0.2) is 4.98 Å². The summed E-state index contributed by atoms with van der Waals surface area (Å²) >= 11 is 0. The van der Waals surface area contributed by atoms with E-state index in [2.05, 4.69) is 18.1 Å². The van der Waals surface area contributed by atoms with Crippen molar-refractivity contribution in [2.75, 3.05) is 0 Å². The van der Waals surface area contributed by atoms with Crippen molar-refractivity contribution in [1.82, 2.24) is 4.98 Å². The molecule has 2 heteroatoms. The Hall–Kier alpha value is -1.31. The van der Waals surface area contributed by atoms with Crippen LogP contribution in [-0.4, -0.2) is 4.98 Å². The molecule has 0 fully saturated rings. The van der Waals surface area contributed by atoms with Crippen molar-refractivity contribution >= 4 is 12.2 Å². The van der Waals surface area contributed by atoms with Crippen molar-refractivity contribution in [3.63, 3.8) is 0 Å². The largest absolute Gasteiger partial charge is 0.444 e. The lowest BCUT2D eigenvalue weighted by atomic mass is 10.3. The highest BCUT2D eigenvalue weighted by Gasteiger charge is 1.96. The van der Waals surface area contributed by atoms with Crippen LogP contribution in [0, 0.1) is 0 Å². The zero-order chi connectivity index (χ0) is 6.69. The van der Waals surface area contributed by atoms with Crippen LogP contribution in [0.25, 0.3) is 12.2 Å². The van der Waals surface area contributed by atoms with Gasteiger partial charge in [0.05, 0.1) is 0 Å². The second kappa shape index (κ2) is 2.31. The van der Waals surface area contributed by atoms with Gasteiger partial charge in [0.2, 0.25) is 0 Å². The van der Waals surface area contributed by atoms with Crippen molar-refractivity contribution in [3.05, 3.63) is 31.0 Å². The monoisotopic (exact) mass is 121 g/mol. The summed E-state index contributed by atoms with van der Waals surface area (Å²) in [4.78, 5) is 3.85. The molecule has 0 atom stereocenters. The van der Waals surface area contributed by atoms with E-state index < -0.39 is 0 Å². The summed E-state index contributed by atoms with van der Waals surface area (Å²) in [7, 11) is 0. The first-order valence-electron chi connectivity index (χ1n) is 2.57. The average Bonchev–Trinajstić information content (AvgIpc) is 2.33. The van der Waals surface area contributed by atoms with Crippen LogP contribution in [0.1, 0.15) is 11.5 Å². The van der Waals surface area contributed by atoms with Crippen LogP contribution in [0.4, 0.5) is 0 Å². The van der Waals surface area contributed by atoms with E-state index >= 15 is 0 Å². The van der Waals surface area contributed by atoms with Gasteiger partial charge in [-0.2, -0.15) is 0 Å². The molecule has 0 aliphatic heterocycles. The number of aromatic nitrogens is 1. The van der Waals surface area contributed by atoms with E-state index in [1.807, 2.05) is 0 Å². The van der Waals surface area contributed by atoms with Crippen molar-refractivity contribution in [1.29, 1.82) is 0 Å². The predicted molar refractivity (Wildman–Crippen MR) is 36.7 cm³/mol. The minimum absolute atomic E-state index is 0.671. The van der Waals surface area contributed by atoms with Gasteiger partial charge in [-0.05, 0) is 12.2 Å². The van der Waals surface area contributed by atoms with Gasteiger partial charge in [-0.1, -0.05) is 13.2 Å². The molecule has 0 spiro atoms. The number of rotatable bonds is 2. The zero-order valence-corrected chi connectivity index (χ0v) is 5.00. The maximum absolute atomic E-state index is 4.90. The molecule has 46 valence electrons. The van der Waals surface area contributed by atoms with Crippen LogP contribution in [0.2, 0.25) is 0 Å². The van der Waals surface area contributed by atoms with E-state index in [-0.39, 0.29) is 0 Å². The molecule has 0 aliphatic rings. The Morgan fingerprint density at radius 1 is 1.44 bits per heavy atom. The summed E-state index contributed by atoms with van der Waals surface area (Å²) in [5, 5.41) is 0. The van der Waals surface area contributed by atoms with Crippen molar-refractivity contribution in [2.24, 2.45) is 0 Å². The maximum atomic E-state index is 4.90. The lowest BCUT2D eigenvalue weighted by molar-refractivity contribution is 0.548. The first kappa shape index (κ1) is 5.82. The average molecular weight is 121 g/mol. The molecule has 0 saturated heterocycles. The van der Waals surface area contributed by atoms with E-state index in [0.717, 1.165) is 5.69 Å². The van der Waals surface area contributed by atoms with Crippen LogP contribution in [0.15, 0.2) is 24.0 Å². The van der Waals surface area contributed by atoms with Crippen molar-refractivity contribution < 1.29 is 4.42 Å². The van der Waals surface area contributed by atoms with Gasteiger partial charge in [-0.15, -0.1) is 0 Å². The van der Waals surface area contributed by atoms with Crippen LogP contribution >= 0.6 is 0 Å². The third-order valence-electron chi connectivity index (χ3n) is 1.00. The molecule has 0 radical (unpaired) electrons. The molecule has 0 aliphatic carbocycles. The normalized spacial score (nSPS) is 8.89. The lowest BCUT2D eigenvalue weighted by Gasteiger charge is -1.81. The quantitative estimate of drug-likeness (QED) is 0.597. The molecule has 1 heterocycles. The summed E-state index contributed by atoms with van der Waals surface area (Å²) in [5.74, 6) is 0.671. The van der Waals surface area contributed by atoms with Gasteiger partial charge in [0.15, 0.2) is 12.2 Å². The SMILES string of the molecule is C=Cc1ncoc1C=C. The topological polar surface area (TPSA) is 26.0 Å². The maximum Gasteiger partial charge on any atom is 0.181 e. The Labute approximate surface area is 53.5 Å². The Bertz CT molecular complexity index is 202. The minimum Gasteiger partial charge on any atom is -0.444 e. The fraction of sp³-hybridized carbons (Fsp3) is 0. The number of hydrogen-bond acceptors (Lipinski definition) is 2. The van der Waals surface area contributed by atoms with Crippen molar-refractivity contribution in [2.45, 2.75) is 0 Å². The summed E-state index contributed by atoms with van der Waals surface area (Å²) < 4.78 is 4.90. The Morgan fingerprint density at radius 3 is 2.67 bits per heavy atom. The molecular weight excluding hydrogens is 114 g/mol. The van der Waals surface area contributed by atoms with E-state index in [0.29, 0.717) is 5.76 Å². The first-order chi connectivity index (χ1) is 4.38. The predicted octanol–water partition coefficient (Wildman–Crippen LogP) is 1.96. The van der Waals surface area contributed by atoms with E-state index in [9.17, 15) is 0 Å². The van der Waals surface area contributed by atoms with E-state index in [4.69, 9.17) is 4.42 Å². The Balaban J connectivity index is 3.12. The van der Waals surface area contributed by atoms with Gasteiger partial charge in [0.25, 0.3) is 0 Å². The van der Waals surface area contributed by atoms with E-state index in [1.54, 1.807) is 12.2 Å². The highest BCUT2D eigenvalue weighted by atomic mass is 16.3. The van der Waals surface area contributed by atoms with Gasteiger partial charge < -0.3 is 4.42 Å². The molecule has 1 aromatic rings. The molecular formula is C7H7NO. The molecule has 9 heavy (non-hydrogen) atoms. The third kappa shape index (κ3) is 0.914. The summed E-state index contributed by atoms with van der Waals surface area (Å²) in [6.07, 6.45) is 4.60.